The quantitative estimate of drug-likeness (QED) is 0.358. The van der Waals surface area contributed by atoms with Crippen molar-refractivity contribution in [1.82, 2.24) is 24.5 Å². The van der Waals surface area contributed by atoms with Gasteiger partial charge in [0.15, 0.2) is 11.6 Å². The molecule has 2 N–H and O–H groups in total. The highest BCUT2D eigenvalue weighted by molar-refractivity contribution is 6.09. The number of aryl methyl sites for hydroxylation is 2. The van der Waals surface area contributed by atoms with Crippen LogP contribution in [-0.4, -0.2) is 38.1 Å². The summed E-state index contributed by atoms with van der Waals surface area (Å²) in [5, 5.41) is 7.40. The Morgan fingerprint density at radius 3 is 2.67 bits per heavy atom. The summed E-state index contributed by atoms with van der Waals surface area (Å²) in [6, 6.07) is 13.6. The fourth-order valence-corrected chi connectivity index (χ4v) is 4.82. The van der Waals surface area contributed by atoms with Crippen molar-refractivity contribution < 1.29 is 9.13 Å². The van der Waals surface area contributed by atoms with Crippen LogP contribution in [-0.2, 0) is 13.5 Å². The van der Waals surface area contributed by atoms with Crippen molar-refractivity contribution in [3.8, 4) is 34.1 Å². The summed E-state index contributed by atoms with van der Waals surface area (Å²) in [4.78, 5) is 17.5. The average molecular weight is 482 g/mol. The Bertz CT molecular complexity index is 1610. The number of anilines is 2. The number of nitrogens with one attached hydrogen (secondary N) is 2. The van der Waals surface area contributed by atoms with E-state index in [0.717, 1.165) is 50.6 Å². The number of benzene rings is 2. The molecule has 6 rings (SSSR count). The van der Waals surface area contributed by atoms with Gasteiger partial charge in [-0.15, -0.1) is 0 Å². The SMILES string of the molecule is CNc1ccc(-c2c3c4c(ncnc4n2C)NCCc2c-3ccc(Oc3nccc(C)n3)c2F)cc1. The molecule has 180 valence electrons. The molecule has 0 saturated carbocycles. The van der Waals surface area contributed by atoms with E-state index in [1.807, 2.05) is 43.8 Å². The van der Waals surface area contributed by atoms with E-state index in [-0.39, 0.29) is 11.8 Å². The van der Waals surface area contributed by atoms with Gasteiger partial charge in [-0.2, -0.15) is 0 Å². The highest BCUT2D eigenvalue weighted by Gasteiger charge is 2.28. The molecule has 36 heavy (non-hydrogen) atoms. The minimum absolute atomic E-state index is 0.0940. The number of ether oxygens (including phenoxy) is 1. The van der Waals surface area contributed by atoms with Crippen molar-refractivity contribution in [2.24, 2.45) is 7.05 Å². The van der Waals surface area contributed by atoms with Gasteiger partial charge in [0.1, 0.15) is 17.8 Å². The van der Waals surface area contributed by atoms with E-state index in [9.17, 15) is 0 Å². The third-order valence-corrected chi connectivity index (χ3v) is 6.53. The summed E-state index contributed by atoms with van der Waals surface area (Å²) in [6.07, 6.45) is 3.60. The molecule has 8 nitrogen and oxygen atoms in total. The molecule has 4 heterocycles. The zero-order valence-electron chi connectivity index (χ0n) is 20.1. The van der Waals surface area contributed by atoms with Crippen molar-refractivity contribution in [2.75, 3.05) is 24.2 Å². The molecule has 0 radical (unpaired) electrons. The predicted molar refractivity (Wildman–Crippen MR) is 138 cm³/mol. The van der Waals surface area contributed by atoms with E-state index >= 15 is 4.39 Å². The molecular formula is C27H24FN7O. The van der Waals surface area contributed by atoms with Gasteiger partial charge in [0, 0.05) is 49.3 Å². The molecule has 1 aliphatic heterocycles. The van der Waals surface area contributed by atoms with E-state index < -0.39 is 5.82 Å². The van der Waals surface area contributed by atoms with Crippen LogP contribution in [0.4, 0.5) is 15.9 Å². The van der Waals surface area contributed by atoms with Crippen LogP contribution in [0, 0.1) is 12.7 Å². The summed E-state index contributed by atoms with van der Waals surface area (Å²) in [7, 11) is 3.86. The second-order valence-corrected chi connectivity index (χ2v) is 8.69. The van der Waals surface area contributed by atoms with Crippen molar-refractivity contribution in [1.29, 1.82) is 0 Å². The largest absolute Gasteiger partial charge is 0.421 e. The molecule has 0 atom stereocenters. The molecule has 0 amide bonds. The summed E-state index contributed by atoms with van der Waals surface area (Å²) >= 11 is 0. The number of fused-ring (bicyclic) bond motifs is 2. The van der Waals surface area contributed by atoms with Crippen LogP contribution >= 0.6 is 0 Å². The topological polar surface area (TPSA) is 89.8 Å². The number of hydrogen-bond donors (Lipinski definition) is 2. The smallest absolute Gasteiger partial charge is 0.322 e. The molecule has 1 aliphatic rings. The summed E-state index contributed by atoms with van der Waals surface area (Å²) in [5.74, 6) is 0.410. The summed E-state index contributed by atoms with van der Waals surface area (Å²) < 4.78 is 23.8. The van der Waals surface area contributed by atoms with Crippen LogP contribution in [0.5, 0.6) is 11.8 Å². The lowest BCUT2D eigenvalue weighted by Gasteiger charge is -2.19. The number of rotatable bonds is 4. The number of nitrogens with zero attached hydrogens (tertiary/aromatic N) is 5. The highest BCUT2D eigenvalue weighted by atomic mass is 19.1. The monoisotopic (exact) mass is 481 g/mol. The van der Waals surface area contributed by atoms with E-state index in [4.69, 9.17) is 4.74 Å². The lowest BCUT2D eigenvalue weighted by Crippen LogP contribution is -2.12. The van der Waals surface area contributed by atoms with Crippen molar-refractivity contribution in [3.05, 3.63) is 72.1 Å². The highest BCUT2D eigenvalue weighted by Crippen LogP contribution is 2.46. The third-order valence-electron chi connectivity index (χ3n) is 6.53. The average Bonchev–Trinajstić information content (AvgIpc) is 3.18. The molecule has 5 aromatic rings. The molecule has 0 saturated heterocycles. The first-order valence-electron chi connectivity index (χ1n) is 11.7. The maximum atomic E-state index is 16.0. The molecule has 2 aromatic carbocycles. The van der Waals surface area contributed by atoms with Crippen LogP contribution in [0.25, 0.3) is 33.4 Å². The third kappa shape index (κ3) is 3.51. The molecule has 9 heteroatoms. The Morgan fingerprint density at radius 1 is 1.06 bits per heavy atom. The second-order valence-electron chi connectivity index (χ2n) is 8.69. The van der Waals surface area contributed by atoms with Gasteiger partial charge in [0.05, 0.1) is 11.1 Å². The summed E-state index contributed by atoms with van der Waals surface area (Å²) in [6.45, 7) is 2.35. The van der Waals surface area contributed by atoms with Crippen LogP contribution in [0.15, 0.2) is 55.0 Å². The maximum absolute atomic E-state index is 16.0. The van der Waals surface area contributed by atoms with Crippen molar-refractivity contribution in [3.63, 3.8) is 0 Å². The van der Waals surface area contributed by atoms with Gasteiger partial charge in [-0.25, -0.2) is 24.3 Å². The zero-order valence-corrected chi connectivity index (χ0v) is 20.1. The first-order valence-corrected chi connectivity index (χ1v) is 11.7. The lowest BCUT2D eigenvalue weighted by molar-refractivity contribution is 0.407. The standard InChI is InChI=1S/C27H24FN7O/c1-15-10-12-31-27(34-15)36-20-9-8-18-19(23(20)28)11-13-30-25-22-21(18)24(35(3)26(22)33-14-32-25)16-4-6-17(29-2)7-5-16/h4-10,12,14,29H,11,13H2,1-3H3,(H,30,32,33). The van der Waals surface area contributed by atoms with E-state index in [0.29, 0.717) is 18.5 Å². The molecular weight excluding hydrogens is 457 g/mol. The lowest BCUT2D eigenvalue weighted by atomic mass is 9.91. The fraction of sp³-hybridized carbons (Fsp3) is 0.185. The second kappa shape index (κ2) is 8.60. The van der Waals surface area contributed by atoms with Gasteiger partial charge < -0.3 is 19.9 Å². The molecule has 0 unspecified atom stereocenters. The van der Waals surface area contributed by atoms with Gasteiger partial charge in [0.25, 0.3) is 0 Å². The first-order chi connectivity index (χ1) is 17.5. The first kappa shape index (κ1) is 22.0. The minimum Gasteiger partial charge on any atom is -0.421 e. The Labute approximate surface area is 207 Å². The van der Waals surface area contributed by atoms with Crippen LogP contribution in [0.1, 0.15) is 11.3 Å². The van der Waals surface area contributed by atoms with Gasteiger partial charge in [0.2, 0.25) is 0 Å². The van der Waals surface area contributed by atoms with Crippen LogP contribution in [0.3, 0.4) is 0 Å². The molecule has 0 aliphatic carbocycles. The maximum Gasteiger partial charge on any atom is 0.322 e. The van der Waals surface area contributed by atoms with Crippen molar-refractivity contribution in [2.45, 2.75) is 13.3 Å². The van der Waals surface area contributed by atoms with E-state index in [1.165, 1.54) is 0 Å². The normalized spacial score (nSPS) is 12.4. The number of halogens is 1. The minimum atomic E-state index is -0.423. The van der Waals surface area contributed by atoms with E-state index in [2.05, 4.69) is 42.7 Å². The molecule has 0 bridgehead atoms. The van der Waals surface area contributed by atoms with Gasteiger partial charge in [-0.3, -0.25) is 0 Å². The van der Waals surface area contributed by atoms with Crippen LogP contribution < -0.4 is 15.4 Å². The van der Waals surface area contributed by atoms with Gasteiger partial charge in [-0.05, 0) is 48.7 Å². The molecule has 0 spiro atoms. The van der Waals surface area contributed by atoms with Crippen molar-refractivity contribution >= 4 is 22.5 Å². The molecule has 3 aromatic heterocycles. The van der Waals surface area contributed by atoms with Gasteiger partial charge in [-0.1, -0.05) is 18.2 Å². The molecule has 0 fully saturated rings. The van der Waals surface area contributed by atoms with E-state index in [1.54, 1.807) is 24.7 Å². The Morgan fingerprint density at radius 2 is 1.89 bits per heavy atom. The number of aromatic nitrogens is 5. The van der Waals surface area contributed by atoms with Gasteiger partial charge >= 0.3 is 6.01 Å². The predicted octanol–water partition coefficient (Wildman–Crippen LogP) is 5.34. The Kier molecular flexibility index (Phi) is 5.25. The fourth-order valence-electron chi connectivity index (χ4n) is 4.82. The summed E-state index contributed by atoms with van der Waals surface area (Å²) in [5.41, 5.74) is 6.70. The number of hydrogen-bond acceptors (Lipinski definition) is 7. The van der Waals surface area contributed by atoms with Crippen LogP contribution in [0.2, 0.25) is 0 Å². The Balaban J connectivity index is 1.59. The Hall–Kier alpha value is -4.53. The zero-order chi connectivity index (χ0) is 24.8.